The zero-order chi connectivity index (χ0) is 19.5. The summed E-state index contributed by atoms with van der Waals surface area (Å²) in [6, 6.07) is 1.74. The first-order valence-corrected chi connectivity index (χ1v) is 11.2. The molecule has 3 aliphatic heterocycles. The van der Waals surface area contributed by atoms with Crippen molar-refractivity contribution in [2.75, 3.05) is 32.7 Å². The highest BCUT2D eigenvalue weighted by Crippen LogP contribution is 2.26. The van der Waals surface area contributed by atoms with Gasteiger partial charge in [0.1, 0.15) is 5.82 Å². The maximum Gasteiger partial charge on any atom is 0.253 e. The molecule has 0 spiro atoms. The van der Waals surface area contributed by atoms with E-state index in [2.05, 4.69) is 11.8 Å². The van der Waals surface area contributed by atoms with Gasteiger partial charge in [0, 0.05) is 38.0 Å². The first-order valence-electron chi connectivity index (χ1n) is 11.2. The molecule has 1 aromatic heterocycles. The van der Waals surface area contributed by atoms with Crippen LogP contribution in [0.1, 0.15) is 69.3 Å². The van der Waals surface area contributed by atoms with Crippen molar-refractivity contribution in [1.29, 1.82) is 0 Å². The molecule has 3 aliphatic rings. The fraction of sp³-hybridized carbons (Fsp3) is 0.773. The van der Waals surface area contributed by atoms with Crippen LogP contribution in [0, 0.1) is 5.92 Å². The van der Waals surface area contributed by atoms with Gasteiger partial charge in [0.05, 0.1) is 12.2 Å². The number of rotatable bonds is 3. The van der Waals surface area contributed by atoms with E-state index in [9.17, 15) is 9.59 Å². The molecule has 0 aliphatic carbocycles. The van der Waals surface area contributed by atoms with E-state index in [4.69, 9.17) is 4.98 Å². The summed E-state index contributed by atoms with van der Waals surface area (Å²) >= 11 is 0. The van der Waals surface area contributed by atoms with Gasteiger partial charge < -0.3 is 4.90 Å². The van der Waals surface area contributed by atoms with Crippen molar-refractivity contribution in [2.45, 2.75) is 70.8 Å². The Hall–Kier alpha value is -1.69. The Balaban J connectivity index is 1.42. The lowest BCUT2D eigenvalue weighted by Gasteiger charge is -2.35. The summed E-state index contributed by atoms with van der Waals surface area (Å²) in [5.41, 5.74) is 0.996. The molecule has 0 N–H and O–H groups in total. The van der Waals surface area contributed by atoms with Gasteiger partial charge in [0.25, 0.3) is 5.56 Å². The molecule has 0 radical (unpaired) electrons. The number of carbonyl (C=O) groups is 1. The third kappa shape index (κ3) is 4.48. The van der Waals surface area contributed by atoms with Gasteiger partial charge in [0.2, 0.25) is 5.91 Å². The Bertz CT molecular complexity index is 751. The predicted molar refractivity (Wildman–Crippen MR) is 109 cm³/mol. The van der Waals surface area contributed by atoms with Crippen LogP contribution in [0.5, 0.6) is 0 Å². The second-order valence-corrected chi connectivity index (χ2v) is 9.04. The maximum absolute atomic E-state index is 12.9. The van der Waals surface area contributed by atoms with Crippen molar-refractivity contribution in [3.8, 4) is 0 Å². The Morgan fingerprint density at radius 3 is 2.71 bits per heavy atom. The molecule has 4 heterocycles. The zero-order valence-electron chi connectivity index (χ0n) is 17.2. The van der Waals surface area contributed by atoms with Crippen LogP contribution in [0.4, 0.5) is 0 Å². The van der Waals surface area contributed by atoms with Crippen molar-refractivity contribution in [2.24, 2.45) is 5.92 Å². The molecule has 2 saturated heterocycles. The normalized spacial score (nSPS) is 24.6. The lowest BCUT2D eigenvalue weighted by atomic mass is 9.94. The summed E-state index contributed by atoms with van der Waals surface area (Å²) in [5, 5.41) is 0. The van der Waals surface area contributed by atoms with E-state index in [0.29, 0.717) is 13.1 Å². The molecule has 0 aromatic carbocycles. The van der Waals surface area contributed by atoms with Gasteiger partial charge in [-0.15, -0.1) is 0 Å². The van der Waals surface area contributed by atoms with Crippen LogP contribution in [0.3, 0.4) is 0 Å². The molecule has 0 saturated carbocycles. The van der Waals surface area contributed by atoms with Crippen molar-refractivity contribution in [3.05, 3.63) is 27.9 Å². The number of aryl methyl sites for hydroxylation is 1. The average Bonchev–Trinajstić information content (AvgIpc) is 2.96. The maximum atomic E-state index is 12.9. The summed E-state index contributed by atoms with van der Waals surface area (Å²) in [6.07, 6.45) is 8.63. The smallest absolute Gasteiger partial charge is 0.253 e. The molecule has 2 fully saturated rings. The molecular weight excluding hydrogens is 352 g/mol. The minimum Gasteiger partial charge on any atom is -0.341 e. The van der Waals surface area contributed by atoms with E-state index in [1.165, 1.54) is 19.3 Å². The number of aromatic nitrogens is 2. The standard InChI is InChI=1S/C22H34N4O2/c1-17-8-12-24(13-9-17)16-22(28)25-10-5-6-18(15-25)19-14-21(27)26-11-4-2-3-7-20(26)23-19/h14,17-18H,2-13,15-16H2,1H3. The number of carbonyl (C=O) groups excluding carboxylic acids is 1. The Morgan fingerprint density at radius 1 is 1.07 bits per heavy atom. The van der Waals surface area contributed by atoms with E-state index in [1.807, 2.05) is 9.47 Å². The Labute approximate surface area is 167 Å². The number of amides is 1. The number of likely N-dealkylation sites (tertiary alicyclic amines) is 2. The second kappa shape index (κ2) is 8.76. The van der Waals surface area contributed by atoms with Gasteiger partial charge in [-0.25, -0.2) is 4.98 Å². The Kier molecular flexibility index (Phi) is 6.14. The first kappa shape index (κ1) is 19.6. The van der Waals surface area contributed by atoms with Crippen LogP contribution in [0.2, 0.25) is 0 Å². The highest BCUT2D eigenvalue weighted by molar-refractivity contribution is 5.78. The van der Waals surface area contributed by atoms with Crippen molar-refractivity contribution in [1.82, 2.24) is 19.4 Å². The van der Waals surface area contributed by atoms with Gasteiger partial charge in [-0.05, 0) is 57.5 Å². The molecule has 0 bridgehead atoms. The monoisotopic (exact) mass is 386 g/mol. The van der Waals surface area contributed by atoms with Crippen molar-refractivity contribution in [3.63, 3.8) is 0 Å². The third-order valence-electron chi connectivity index (χ3n) is 6.82. The van der Waals surface area contributed by atoms with Gasteiger partial charge in [-0.2, -0.15) is 0 Å². The van der Waals surface area contributed by atoms with Crippen LogP contribution < -0.4 is 5.56 Å². The summed E-state index contributed by atoms with van der Waals surface area (Å²) in [6.45, 7) is 7.25. The fourth-order valence-corrected chi connectivity index (χ4v) is 4.90. The number of hydrogen-bond acceptors (Lipinski definition) is 4. The Morgan fingerprint density at radius 2 is 1.89 bits per heavy atom. The molecule has 6 nitrogen and oxygen atoms in total. The highest BCUT2D eigenvalue weighted by Gasteiger charge is 2.28. The van der Waals surface area contributed by atoms with Crippen LogP contribution in [0.25, 0.3) is 0 Å². The minimum atomic E-state index is 0.0905. The molecule has 4 rings (SSSR count). The number of piperidine rings is 2. The van der Waals surface area contributed by atoms with E-state index >= 15 is 0 Å². The van der Waals surface area contributed by atoms with Crippen molar-refractivity contribution < 1.29 is 4.79 Å². The molecule has 1 aromatic rings. The fourth-order valence-electron chi connectivity index (χ4n) is 4.90. The van der Waals surface area contributed by atoms with Crippen LogP contribution in [-0.4, -0.2) is 58.0 Å². The SMILES string of the molecule is CC1CCN(CC(=O)N2CCCC(c3cc(=O)n4c(n3)CCCCC4)C2)CC1. The minimum absolute atomic E-state index is 0.0905. The largest absolute Gasteiger partial charge is 0.341 e. The van der Waals surface area contributed by atoms with Crippen LogP contribution in [0.15, 0.2) is 10.9 Å². The lowest BCUT2D eigenvalue weighted by molar-refractivity contribution is -0.134. The first-order chi connectivity index (χ1) is 13.6. The van der Waals surface area contributed by atoms with Gasteiger partial charge in [-0.3, -0.25) is 19.1 Å². The predicted octanol–water partition coefficient (Wildman–Crippen LogP) is 2.41. The third-order valence-corrected chi connectivity index (χ3v) is 6.82. The number of nitrogens with zero attached hydrogens (tertiary/aromatic N) is 4. The van der Waals surface area contributed by atoms with Gasteiger partial charge in [0.15, 0.2) is 0 Å². The summed E-state index contributed by atoms with van der Waals surface area (Å²) in [4.78, 5) is 34.7. The van der Waals surface area contributed by atoms with Gasteiger partial charge >= 0.3 is 0 Å². The molecule has 1 amide bonds. The van der Waals surface area contributed by atoms with E-state index in [1.54, 1.807) is 6.07 Å². The second-order valence-electron chi connectivity index (χ2n) is 9.04. The highest BCUT2D eigenvalue weighted by atomic mass is 16.2. The van der Waals surface area contributed by atoms with E-state index in [-0.39, 0.29) is 17.4 Å². The number of fused-ring (bicyclic) bond motifs is 1. The average molecular weight is 387 g/mol. The van der Waals surface area contributed by atoms with E-state index in [0.717, 1.165) is 75.7 Å². The quantitative estimate of drug-likeness (QED) is 0.800. The molecule has 6 heteroatoms. The zero-order valence-corrected chi connectivity index (χ0v) is 17.2. The topological polar surface area (TPSA) is 58.4 Å². The summed E-state index contributed by atoms with van der Waals surface area (Å²) < 4.78 is 1.86. The summed E-state index contributed by atoms with van der Waals surface area (Å²) in [7, 11) is 0. The number of hydrogen-bond donors (Lipinski definition) is 0. The lowest BCUT2D eigenvalue weighted by Crippen LogP contribution is -2.46. The molecule has 1 unspecified atom stereocenters. The molecule has 1 atom stereocenters. The molecule has 154 valence electrons. The summed E-state index contributed by atoms with van der Waals surface area (Å²) in [5.74, 6) is 2.17. The van der Waals surface area contributed by atoms with Gasteiger partial charge in [-0.1, -0.05) is 13.3 Å². The molecular formula is C22H34N4O2. The molecule has 28 heavy (non-hydrogen) atoms. The van der Waals surface area contributed by atoms with Crippen LogP contribution in [-0.2, 0) is 17.8 Å². The van der Waals surface area contributed by atoms with Crippen LogP contribution >= 0.6 is 0 Å². The van der Waals surface area contributed by atoms with E-state index < -0.39 is 0 Å². The van der Waals surface area contributed by atoms with Crippen molar-refractivity contribution >= 4 is 5.91 Å².